The Balaban J connectivity index is 1.75. The minimum absolute atomic E-state index is 0.518. The van der Waals surface area contributed by atoms with E-state index in [2.05, 4.69) is 31.2 Å². The molecule has 1 radical (unpaired) electrons. The highest BCUT2D eigenvalue weighted by Crippen LogP contribution is 2.58. The molecule has 1 aromatic rings. The Bertz CT molecular complexity index is 571. The Morgan fingerprint density at radius 3 is 3.00 bits per heavy atom. The number of aryl methyl sites for hydroxylation is 1. The van der Waals surface area contributed by atoms with E-state index in [4.69, 9.17) is 4.74 Å². The minimum Gasteiger partial charge on any atom is -0.496 e. The van der Waals surface area contributed by atoms with Crippen LogP contribution in [0, 0.1) is 17.4 Å². The average molecular weight is 267 g/mol. The smallest absolute Gasteiger partial charge is 0.127 e. The predicted molar refractivity (Wildman–Crippen MR) is 81.0 cm³/mol. The van der Waals surface area contributed by atoms with Crippen molar-refractivity contribution in [1.29, 1.82) is 0 Å². The van der Waals surface area contributed by atoms with E-state index < -0.39 is 0 Å². The van der Waals surface area contributed by atoms with E-state index in [1.807, 2.05) is 0 Å². The van der Waals surface area contributed by atoms with Gasteiger partial charge in [-0.25, -0.2) is 0 Å². The Labute approximate surface area is 122 Å². The van der Waals surface area contributed by atoms with Gasteiger partial charge in [0.2, 0.25) is 0 Å². The number of fused-ring (bicyclic) bond motifs is 5. The molecule has 0 saturated heterocycles. The summed E-state index contributed by atoms with van der Waals surface area (Å²) >= 11 is 0. The predicted octanol–water partition coefficient (Wildman–Crippen LogP) is 4.66. The van der Waals surface area contributed by atoms with Crippen LogP contribution in [0.25, 0.3) is 0 Å². The fraction of sp³-hybridized carbons (Fsp3) is 0.579. The van der Waals surface area contributed by atoms with Crippen LogP contribution in [-0.2, 0) is 6.42 Å². The molecule has 0 aliphatic heterocycles. The molecule has 1 saturated carbocycles. The van der Waals surface area contributed by atoms with Crippen LogP contribution in [0.1, 0.15) is 56.1 Å². The highest BCUT2D eigenvalue weighted by molar-refractivity contribution is 5.43. The number of methoxy groups -OCH3 is 1. The first-order valence-electron chi connectivity index (χ1n) is 8.00. The number of benzene rings is 1. The molecule has 1 fully saturated rings. The molecule has 0 bridgehead atoms. The molecule has 0 spiro atoms. The fourth-order valence-corrected chi connectivity index (χ4v) is 4.93. The maximum absolute atomic E-state index is 5.40. The van der Waals surface area contributed by atoms with Crippen LogP contribution in [0.2, 0.25) is 0 Å². The molecular formula is C19H23O. The number of ether oxygens (including phenoxy) is 1. The number of rotatable bonds is 1. The Morgan fingerprint density at radius 2 is 2.15 bits per heavy atom. The zero-order valence-corrected chi connectivity index (χ0v) is 12.5. The summed E-state index contributed by atoms with van der Waals surface area (Å²) in [7, 11) is 1.75. The van der Waals surface area contributed by atoms with Gasteiger partial charge in [-0.2, -0.15) is 0 Å². The maximum atomic E-state index is 5.40. The normalized spacial score (nSPS) is 34.8. The van der Waals surface area contributed by atoms with Crippen molar-refractivity contribution in [2.24, 2.45) is 11.3 Å². The summed E-state index contributed by atoms with van der Waals surface area (Å²) in [5.41, 5.74) is 5.36. The second-order valence-electron chi connectivity index (χ2n) is 7.03. The van der Waals surface area contributed by atoms with Gasteiger partial charge in [-0.05, 0) is 79.0 Å². The monoisotopic (exact) mass is 267 g/mol. The lowest BCUT2D eigenvalue weighted by Crippen LogP contribution is -2.34. The van der Waals surface area contributed by atoms with E-state index >= 15 is 0 Å². The van der Waals surface area contributed by atoms with E-state index in [9.17, 15) is 0 Å². The summed E-state index contributed by atoms with van der Waals surface area (Å²) < 4.78 is 5.40. The van der Waals surface area contributed by atoms with E-state index in [-0.39, 0.29) is 0 Å². The van der Waals surface area contributed by atoms with Crippen molar-refractivity contribution in [2.45, 2.75) is 51.4 Å². The molecule has 0 aromatic heterocycles. The van der Waals surface area contributed by atoms with Gasteiger partial charge in [-0.15, -0.1) is 0 Å². The second kappa shape index (κ2) is 4.38. The highest BCUT2D eigenvalue weighted by Gasteiger charge is 2.45. The van der Waals surface area contributed by atoms with Gasteiger partial charge in [0.05, 0.1) is 7.11 Å². The van der Waals surface area contributed by atoms with Crippen molar-refractivity contribution >= 4 is 0 Å². The molecule has 0 amide bonds. The third kappa shape index (κ3) is 1.68. The summed E-state index contributed by atoms with van der Waals surface area (Å²) in [4.78, 5) is 0. The van der Waals surface area contributed by atoms with Gasteiger partial charge < -0.3 is 4.74 Å². The molecular weight excluding hydrogens is 244 g/mol. The zero-order chi connectivity index (χ0) is 13.7. The molecule has 1 nitrogen and oxygen atoms in total. The van der Waals surface area contributed by atoms with Crippen LogP contribution in [0.5, 0.6) is 5.75 Å². The van der Waals surface area contributed by atoms with Gasteiger partial charge in [0.25, 0.3) is 0 Å². The third-order valence-corrected chi connectivity index (χ3v) is 6.04. The summed E-state index contributed by atoms with van der Waals surface area (Å²) in [5, 5.41) is 0. The first kappa shape index (κ1) is 12.5. The molecule has 3 aliphatic rings. The van der Waals surface area contributed by atoms with Crippen molar-refractivity contribution in [3.63, 3.8) is 0 Å². The van der Waals surface area contributed by atoms with Gasteiger partial charge in [0.1, 0.15) is 5.75 Å². The second-order valence-corrected chi connectivity index (χ2v) is 7.03. The highest BCUT2D eigenvalue weighted by atomic mass is 16.5. The quantitative estimate of drug-likeness (QED) is 0.672. The summed E-state index contributed by atoms with van der Waals surface area (Å²) in [6.07, 6.45) is 10.5. The summed E-state index contributed by atoms with van der Waals surface area (Å²) in [6.45, 7) is 2.50. The van der Waals surface area contributed by atoms with Crippen LogP contribution in [0.15, 0.2) is 23.8 Å². The van der Waals surface area contributed by atoms with E-state index in [0.29, 0.717) is 5.41 Å². The SMILES string of the molecule is COc1[c]cc2c(c1)[C@H]1CC[C@]3(C)CCC=C3[C@@H]1CC2. The van der Waals surface area contributed by atoms with E-state index in [0.717, 1.165) is 17.6 Å². The lowest BCUT2D eigenvalue weighted by Gasteiger charge is -2.46. The van der Waals surface area contributed by atoms with Crippen LogP contribution in [0.4, 0.5) is 0 Å². The van der Waals surface area contributed by atoms with Crippen LogP contribution in [0.3, 0.4) is 0 Å². The molecule has 3 atom stereocenters. The van der Waals surface area contributed by atoms with Gasteiger partial charge in [0, 0.05) is 6.07 Å². The molecule has 0 unspecified atom stereocenters. The Kier molecular flexibility index (Phi) is 2.73. The molecule has 105 valence electrons. The Morgan fingerprint density at radius 1 is 1.25 bits per heavy atom. The zero-order valence-electron chi connectivity index (χ0n) is 12.5. The van der Waals surface area contributed by atoms with Gasteiger partial charge >= 0.3 is 0 Å². The van der Waals surface area contributed by atoms with Crippen LogP contribution in [-0.4, -0.2) is 7.11 Å². The number of hydrogen-bond donors (Lipinski definition) is 0. The summed E-state index contributed by atoms with van der Waals surface area (Å²) in [5.74, 6) is 2.41. The minimum atomic E-state index is 0.518. The van der Waals surface area contributed by atoms with Crippen molar-refractivity contribution in [2.75, 3.05) is 7.11 Å². The molecule has 0 heterocycles. The molecule has 0 N–H and O–H groups in total. The first-order chi connectivity index (χ1) is 9.71. The largest absolute Gasteiger partial charge is 0.496 e. The van der Waals surface area contributed by atoms with Gasteiger partial charge in [-0.3, -0.25) is 0 Å². The summed E-state index contributed by atoms with van der Waals surface area (Å²) in [6, 6.07) is 7.68. The lowest BCUT2D eigenvalue weighted by molar-refractivity contribution is 0.217. The topological polar surface area (TPSA) is 9.23 Å². The van der Waals surface area contributed by atoms with E-state index in [1.165, 1.54) is 44.1 Å². The van der Waals surface area contributed by atoms with Crippen molar-refractivity contribution in [3.8, 4) is 5.75 Å². The van der Waals surface area contributed by atoms with Gasteiger partial charge in [-0.1, -0.05) is 18.6 Å². The maximum Gasteiger partial charge on any atom is 0.127 e. The number of hydrogen-bond acceptors (Lipinski definition) is 1. The fourth-order valence-electron chi connectivity index (χ4n) is 4.93. The van der Waals surface area contributed by atoms with Crippen LogP contribution >= 0.6 is 0 Å². The standard InChI is InChI=1S/C19H23O/c1-19-10-3-4-18(19)16-8-6-13-5-7-14(20-2)12-17(13)15(16)9-11-19/h4-5,12,15-16H,3,6,8-11H2,1-2H3/t15-,16+,19-/m0/s1. The molecule has 1 aromatic carbocycles. The third-order valence-electron chi connectivity index (χ3n) is 6.04. The van der Waals surface area contributed by atoms with Crippen molar-refractivity contribution in [3.05, 3.63) is 41.0 Å². The van der Waals surface area contributed by atoms with Crippen molar-refractivity contribution < 1.29 is 4.74 Å². The Hall–Kier alpha value is -1.24. The number of allylic oxidation sites excluding steroid dienone is 2. The molecule has 20 heavy (non-hydrogen) atoms. The average Bonchev–Trinajstić information content (AvgIpc) is 2.88. The van der Waals surface area contributed by atoms with Crippen LogP contribution < -0.4 is 4.74 Å². The van der Waals surface area contributed by atoms with Crippen molar-refractivity contribution in [1.82, 2.24) is 0 Å². The molecule has 3 aliphatic carbocycles. The first-order valence-corrected chi connectivity index (χ1v) is 8.00. The molecule has 4 rings (SSSR count). The lowest BCUT2D eigenvalue weighted by atomic mass is 9.58. The van der Waals surface area contributed by atoms with Gasteiger partial charge in [0.15, 0.2) is 0 Å². The van der Waals surface area contributed by atoms with E-state index in [1.54, 1.807) is 18.2 Å². The molecule has 1 heteroatoms.